The van der Waals surface area contributed by atoms with E-state index >= 15 is 0 Å². The van der Waals surface area contributed by atoms with Gasteiger partial charge < -0.3 is 19.8 Å². The fourth-order valence-corrected chi connectivity index (χ4v) is 4.03. The van der Waals surface area contributed by atoms with Crippen LogP contribution < -0.4 is 15.4 Å². The number of benzene rings is 1. The normalized spacial score (nSPS) is 13.7. The van der Waals surface area contributed by atoms with Crippen LogP contribution in [-0.4, -0.2) is 44.7 Å². The number of furan rings is 1. The fraction of sp³-hybridized carbons (Fsp3) is 0.250. The van der Waals surface area contributed by atoms with Gasteiger partial charge in [0, 0.05) is 13.1 Å². The Labute approximate surface area is 160 Å². The predicted octanol–water partition coefficient (Wildman–Crippen LogP) is 1.20. The molecule has 0 saturated heterocycles. The number of nitrogens with one attached hydrogen (secondary N) is 2. The average Bonchev–Trinajstić information content (AvgIpc) is 3.12. The average molecular weight is 414 g/mol. The Morgan fingerprint density at radius 3 is 2.89 bits per heavy atom. The molecule has 1 aromatic carbocycles. The Balaban J connectivity index is 1.73. The van der Waals surface area contributed by atoms with Crippen molar-refractivity contribution in [3.8, 4) is 5.75 Å². The predicted molar refractivity (Wildman–Crippen MR) is 95.9 cm³/mol. The molecule has 0 saturated carbocycles. The van der Waals surface area contributed by atoms with E-state index in [0.717, 1.165) is 4.31 Å². The molecule has 1 aliphatic rings. The maximum absolute atomic E-state index is 12.8. The number of carbonyl (C=O) groups excluding carboxylic acids is 2. The van der Waals surface area contributed by atoms with E-state index in [9.17, 15) is 18.0 Å². The van der Waals surface area contributed by atoms with Crippen molar-refractivity contribution < 1.29 is 27.2 Å². The Bertz CT molecular complexity index is 974. The van der Waals surface area contributed by atoms with Gasteiger partial charge in [-0.1, -0.05) is 11.6 Å². The molecular formula is C16H16ClN3O6S. The number of sulfonamides is 1. The fourth-order valence-electron chi connectivity index (χ4n) is 2.39. The Hall–Kier alpha value is -2.56. The summed E-state index contributed by atoms with van der Waals surface area (Å²) < 4.78 is 36.7. The molecule has 2 heterocycles. The summed E-state index contributed by atoms with van der Waals surface area (Å²) in [6.07, 6.45) is 1.47. The number of anilines is 1. The van der Waals surface area contributed by atoms with Gasteiger partial charge in [0.05, 0.1) is 30.1 Å². The Morgan fingerprint density at radius 2 is 2.19 bits per heavy atom. The van der Waals surface area contributed by atoms with Crippen molar-refractivity contribution in [1.82, 2.24) is 9.62 Å². The van der Waals surface area contributed by atoms with Crippen LogP contribution in [0, 0.1) is 0 Å². The summed E-state index contributed by atoms with van der Waals surface area (Å²) in [5.41, 5.74) is 0.286. The topological polar surface area (TPSA) is 118 Å². The van der Waals surface area contributed by atoms with E-state index in [1.165, 1.54) is 25.4 Å². The van der Waals surface area contributed by atoms with Crippen molar-refractivity contribution in [3.63, 3.8) is 0 Å². The minimum atomic E-state index is -4.06. The first-order valence-electron chi connectivity index (χ1n) is 7.79. The van der Waals surface area contributed by atoms with Crippen molar-refractivity contribution in [1.29, 1.82) is 0 Å². The highest BCUT2D eigenvalue weighted by Crippen LogP contribution is 2.36. The zero-order chi connectivity index (χ0) is 19.6. The van der Waals surface area contributed by atoms with Gasteiger partial charge in [-0.3, -0.25) is 9.59 Å². The highest BCUT2D eigenvalue weighted by atomic mass is 35.5. The van der Waals surface area contributed by atoms with E-state index in [2.05, 4.69) is 10.6 Å². The molecule has 0 bridgehead atoms. The Kier molecular flexibility index (Phi) is 5.40. The molecule has 9 nitrogen and oxygen atoms in total. The molecule has 0 spiro atoms. The van der Waals surface area contributed by atoms with Crippen molar-refractivity contribution >= 4 is 39.1 Å². The smallest absolute Gasteiger partial charge is 0.262 e. The lowest BCUT2D eigenvalue weighted by Crippen LogP contribution is -2.38. The summed E-state index contributed by atoms with van der Waals surface area (Å²) in [5, 5.41) is 5.01. The second-order valence-corrected chi connectivity index (χ2v) is 8.15. The number of amides is 2. The molecular weight excluding hydrogens is 398 g/mol. The minimum absolute atomic E-state index is 0.0950. The third-order valence-electron chi connectivity index (χ3n) is 3.76. The quantitative estimate of drug-likeness (QED) is 0.734. The lowest BCUT2D eigenvalue weighted by atomic mass is 10.2. The van der Waals surface area contributed by atoms with Crippen LogP contribution in [0.2, 0.25) is 5.02 Å². The van der Waals surface area contributed by atoms with Gasteiger partial charge in [-0.25, -0.2) is 8.42 Å². The number of rotatable bonds is 6. The molecule has 0 fully saturated rings. The van der Waals surface area contributed by atoms with Gasteiger partial charge in [0.25, 0.3) is 5.91 Å². The van der Waals surface area contributed by atoms with E-state index in [1.807, 2.05) is 0 Å². The molecule has 2 N–H and O–H groups in total. The monoisotopic (exact) mass is 413 g/mol. The number of nitrogens with zero attached hydrogens (tertiary/aromatic N) is 1. The second kappa shape index (κ2) is 7.59. The molecule has 0 atom stereocenters. The molecule has 0 unspecified atom stereocenters. The first-order chi connectivity index (χ1) is 12.8. The van der Waals surface area contributed by atoms with Gasteiger partial charge >= 0.3 is 0 Å². The molecule has 0 aliphatic carbocycles. The molecule has 3 rings (SSSR count). The SMILES string of the molecule is CN(CC(=O)NCc1ccco1)S(=O)(=O)c1cc2c(cc1Cl)NC(=O)CO2. The number of ether oxygens (including phenoxy) is 1. The van der Waals surface area contributed by atoms with E-state index in [-0.39, 0.29) is 40.4 Å². The largest absolute Gasteiger partial charge is 0.482 e. The maximum Gasteiger partial charge on any atom is 0.262 e. The third kappa shape index (κ3) is 4.24. The van der Waals surface area contributed by atoms with E-state index < -0.39 is 22.5 Å². The van der Waals surface area contributed by atoms with Gasteiger partial charge in [0.15, 0.2) is 6.61 Å². The lowest BCUT2D eigenvalue weighted by molar-refractivity contribution is -0.121. The van der Waals surface area contributed by atoms with Gasteiger partial charge in [-0.05, 0) is 18.2 Å². The number of hydrogen-bond donors (Lipinski definition) is 2. The Morgan fingerprint density at radius 1 is 1.41 bits per heavy atom. The van der Waals surface area contributed by atoms with Gasteiger partial charge in [0.1, 0.15) is 16.4 Å². The molecule has 0 radical (unpaired) electrons. The summed E-state index contributed by atoms with van der Waals surface area (Å²) in [6, 6.07) is 5.89. The van der Waals surface area contributed by atoms with Gasteiger partial charge in [0.2, 0.25) is 15.9 Å². The first-order valence-corrected chi connectivity index (χ1v) is 9.61. The van der Waals surface area contributed by atoms with Crippen LogP contribution in [0.15, 0.2) is 39.8 Å². The van der Waals surface area contributed by atoms with Crippen LogP contribution in [0.25, 0.3) is 0 Å². The number of halogens is 1. The van der Waals surface area contributed by atoms with Crippen molar-refractivity contribution in [2.75, 3.05) is 25.5 Å². The summed E-state index contributed by atoms with van der Waals surface area (Å²) in [7, 11) is -2.80. The van der Waals surface area contributed by atoms with Crippen LogP contribution >= 0.6 is 11.6 Å². The van der Waals surface area contributed by atoms with Crippen molar-refractivity contribution in [3.05, 3.63) is 41.3 Å². The van der Waals surface area contributed by atoms with Crippen molar-refractivity contribution in [2.45, 2.75) is 11.4 Å². The zero-order valence-corrected chi connectivity index (χ0v) is 15.8. The summed E-state index contributed by atoms with van der Waals surface area (Å²) >= 11 is 6.08. The highest BCUT2D eigenvalue weighted by Gasteiger charge is 2.28. The van der Waals surface area contributed by atoms with Crippen LogP contribution in [-0.2, 0) is 26.2 Å². The lowest BCUT2D eigenvalue weighted by Gasteiger charge is -2.22. The standard InChI is InChI=1S/C16H16ClN3O6S/c1-20(8-15(21)18-7-10-3-2-4-25-10)27(23,24)14-6-13-12(5-11(14)17)19-16(22)9-26-13/h2-6H,7-9H2,1H3,(H,18,21)(H,19,22). The van der Waals surface area contributed by atoms with Crippen LogP contribution in [0.3, 0.4) is 0 Å². The van der Waals surface area contributed by atoms with Gasteiger partial charge in [-0.2, -0.15) is 4.31 Å². The number of carbonyl (C=O) groups is 2. The molecule has 2 aromatic rings. The number of hydrogen-bond acceptors (Lipinski definition) is 6. The molecule has 11 heteroatoms. The molecule has 27 heavy (non-hydrogen) atoms. The number of likely N-dealkylation sites (N-methyl/N-ethyl adjacent to an activating group) is 1. The maximum atomic E-state index is 12.8. The van der Waals surface area contributed by atoms with E-state index in [1.54, 1.807) is 12.1 Å². The zero-order valence-electron chi connectivity index (χ0n) is 14.2. The molecule has 2 amide bonds. The third-order valence-corrected chi connectivity index (χ3v) is 6.03. The highest BCUT2D eigenvalue weighted by molar-refractivity contribution is 7.89. The minimum Gasteiger partial charge on any atom is -0.482 e. The summed E-state index contributed by atoms with van der Waals surface area (Å²) in [5.74, 6) is -0.131. The molecule has 1 aromatic heterocycles. The van der Waals surface area contributed by atoms with E-state index in [4.69, 9.17) is 20.8 Å². The first kappa shape index (κ1) is 19.2. The molecule has 1 aliphatic heterocycles. The molecule has 144 valence electrons. The number of fused-ring (bicyclic) bond motifs is 1. The van der Waals surface area contributed by atoms with Crippen LogP contribution in [0.4, 0.5) is 5.69 Å². The summed E-state index contributed by atoms with van der Waals surface area (Å²) in [6.45, 7) is -0.486. The second-order valence-electron chi connectivity index (χ2n) is 5.73. The van der Waals surface area contributed by atoms with Crippen LogP contribution in [0.1, 0.15) is 5.76 Å². The van der Waals surface area contributed by atoms with Crippen molar-refractivity contribution in [2.24, 2.45) is 0 Å². The summed E-state index contributed by atoms with van der Waals surface area (Å²) in [4.78, 5) is 23.1. The van der Waals surface area contributed by atoms with Crippen LogP contribution in [0.5, 0.6) is 5.75 Å². The van der Waals surface area contributed by atoms with E-state index in [0.29, 0.717) is 5.76 Å². The van der Waals surface area contributed by atoms with Gasteiger partial charge in [-0.15, -0.1) is 0 Å².